The molecule has 0 aliphatic rings. The summed E-state index contributed by atoms with van der Waals surface area (Å²) in [4.78, 5) is 24.1. The van der Waals surface area contributed by atoms with Gasteiger partial charge in [0.15, 0.2) is 11.5 Å². The van der Waals surface area contributed by atoms with Gasteiger partial charge in [-0.2, -0.15) is 0 Å². The first-order valence-electron chi connectivity index (χ1n) is 8.67. The van der Waals surface area contributed by atoms with Crippen molar-refractivity contribution in [3.8, 4) is 11.5 Å². The molecule has 0 radical (unpaired) electrons. The molecule has 0 fully saturated rings. The van der Waals surface area contributed by atoms with Crippen LogP contribution < -0.4 is 20.1 Å². The van der Waals surface area contributed by atoms with Crippen LogP contribution in [0.2, 0.25) is 0 Å². The van der Waals surface area contributed by atoms with Crippen molar-refractivity contribution in [3.63, 3.8) is 0 Å². The van der Waals surface area contributed by atoms with Crippen LogP contribution in [0.1, 0.15) is 25.3 Å². The maximum absolute atomic E-state index is 12.3. The van der Waals surface area contributed by atoms with Crippen molar-refractivity contribution in [2.45, 2.75) is 19.8 Å². The van der Waals surface area contributed by atoms with E-state index in [0.717, 1.165) is 12.0 Å². The minimum atomic E-state index is -0.304. The Balaban J connectivity index is 2.08. The van der Waals surface area contributed by atoms with Crippen LogP contribution in [0, 0.1) is 0 Å². The third-order valence-corrected chi connectivity index (χ3v) is 3.77. The number of amides is 2. The van der Waals surface area contributed by atoms with Crippen molar-refractivity contribution in [2.75, 3.05) is 24.9 Å². The third-order valence-electron chi connectivity index (χ3n) is 3.77. The van der Waals surface area contributed by atoms with Gasteiger partial charge in [0, 0.05) is 12.5 Å². The highest BCUT2D eigenvalue weighted by molar-refractivity contribution is 6.05. The van der Waals surface area contributed by atoms with Crippen molar-refractivity contribution >= 4 is 29.3 Å². The molecule has 0 aliphatic heterocycles. The fourth-order valence-corrected chi connectivity index (χ4v) is 2.44. The molecule has 2 aromatic rings. The van der Waals surface area contributed by atoms with Crippen LogP contribution in [0.5, 0.6) is 11.5 Å². The van der Waals surface area contributed by atoms with E-state index < -0.39 is 0 Å². The van der Waals surface area contributed by atoms with Gasteiger partial charge in [-0.25, -0.2) is 0 Å². The summed E-state index contributed by atoms with van der Waals surface area (Å²) in [5.41, 5.74) is 1.92. The van der Waals surface area contributed by atoms with Crippen molar-refractivity contribution in [1.82, 2.24) is 0 Å². The molecule has 27 heavy (non-hydrogen) atoms. The molecule has 0 bridgehead atoms. The Morgan fingerprint density at radius 1 is 0.963 bits per heavy atom. The Kier molecular flexibility index (Phi) is 7.43. The summed E-state index contributed by atoms with van der Waals surface area (Å²) in [6, 6.07) is 12.5. The minimum Gasteiger partial charge on any atom is -0.493 e. The second-order valence-corrected chi connectivity index (χ2v) is 5.78. The van der Waals surface area contributed by atoms with Crippen LogP contribution in [-0.4, -0.2) is 26.0 Å². The summed E-state index contributed by atoms with van der Waals surface area (Å²) in [5.74, 6) is 0.821. The van der Waals surface area contributed by atoms with Gasteiger partial charge in [-0.3, -0.25) is 9.59 Å². The number of benzene rings is 2. The number of hydrogen-bond donors (Lipinski definition) is 2. The molecule has 0 saturated carbocycles. The van der Waals surface area contributed by atoms with Gasteiger partial charge in [-0.1, -0.05) is 25.1 Å². The van der Waals surface area contributed by atoms with Gasteiger partial charge in [-0.15, -0.1) is 0 Å². The fourth-order valence-electron chi connectivity index (χ4n) is 2.44. The second kappa shape index (κ2) is 10.0. The summed E-state index contributed by atoms with van der Waals surface area (Å²) >= 11 is 0. The maximum atomic E-state index is 12.3. The van der Waals surface area contributed by atoms with E-state index in [4.69, 9.17) is 9.47 Å². The molecule has 2 N–H and O–H groups in total. The number of carbonyl (C=O) groups is 2. The predicted octanol–water partition coefficient (Wildman–Crippen LogP) is 4.09. The average Bonchev–Trinajstić information content (AvgIpc) is 2.67. The quantitative estimate of drug-likeness (QED) is 0.688. The van der Waals surface area contributed by atoms with E-state index in [2.05, 4.69) is 10.6 Å². The Labute approximate surface area is 159 Å². The molecule has 6 heteroatoms. The third kappa shape index (κ3) is 5.88. The summed E-state index contributed by atoms with van der Waals surface area (Å²) in [5, 5.41) is 5.59. The van der Waals surface area contributed by atoms with E-state index in [1.165, 1.54) is 6.08 Å². The summed E-state index contributed by atoms with van der Waals surface area (Å²) in [7, 11) is 3.12. The van der Waals surface area contributed by atoms with E-state index in [1.807, 2.05) is 13.0 Å². The molecule has 0 aromatic heterocycles. The summed E-state index contributed by atoms with van der Waals surface area (Å²) in [6.45, 7) is 1.94. The summed E-state index contributed by atoms with van der Waals surface area (Å²) in [6.07, 6.45) is 4.29. The predicted molar refractivity (Wildman–Crippen MR) is 107 cm³/mol. The zero-order valence-corrected chi connectivity index (χ0v) is 15.7. The zero-order valence-electron chi connectivity index (χ0n) is 15.7. The lowest BCUT2D eigenvalue weighted by atomic mass is 10.2. The Morgan fingerprint density at radius 2 is 1.63 bits per heavy atom. The van der Waals surface area contributed by atoms with Gasteiger partial charge in [0.2, 0.25) is 11.8 Å². The number of carbonyl (C=O) groups excluding carboxylic acids is 2. The first-order chi connectivity index (χ1) is 13.1. The molecule has 0 spiro atoms. The lowest BCUT2D eigenvalue weighted by molar-refractivity contribution is -0.116. The van der Waals surface area contributed by atoms with Crippen molar-refractivity contribution in [3.05, 3.63) is 54.1 Å². The molecule has 0 heterocycles. The van der Waals surface area contributed by atoms with Crippen LogP contribution in [0.4, 0.5) is 11.4 Å². The molecule has 142 valence electrons. The maximum Gasteiger partial charge on any atom is 0.248 e. The first kappa shape index (κ1) is 20.0. The second-order valence-electron chi connectivity index (χ2n) is 5.78. The molecule has 0 saturated heterocycles. The normalized spacial score (nSPS) is 10.5. The van der Waals surface area contributed by atoms with E-state index >= 15 is 0 Å². The lowest BCUT2D eigenvalue weighted by Gasteiger charge is -2.11. The Morgan fingerprint density at radius 3 is 2.26 bits per heavy atom. The first-order valence-corrected chi connectivity index (χ1v) is 8.67. The van der Waals surface area contributed by atoms with Gasteiger partial charge in [-0.05, 0) is 42.3 Å². The smallest absolute Gasteiger partial charge is 0.248 e. The molecule has 2 aromatic carbocycles. The summed E-state index contributed by atoms with van der Waals surface area (Å²) < 4.78 is 10.4. The van der Waals surface area contributed by atoms with E-state index in [1.54, 1.807) is 56.7 Å². The SMILES string of the molecule is CCCC(=O)Nc1ccccc1NC(=O)/C=C/c1ccc(OC)c(OC)c1. The zero-order chi connectivity index (χ0) is 19.6. The molecule has 0 aliphatic carbocycles. The van der Waals surface area contributed by atoms with Gasteiger partial charge < -0.3 is 20.1 Å². The number of nitrogens with one attached hydrogen (secondary N) is 2. The number of rotatable bonds is 8. The molecule has 2 rings (SSSR count). The molecule has 0 atom stereocenters. The lowest BCUT2D eigenvalue weighted by Crippen LogP contribution is -2.14. The van der Waals surface area contributed by atoms with Gasteiger partial charge >= 0.3 is 0 Å². The van der Waals surface area contributed by atoms with Crippen molar-refractivity contribution in [2.24, 2.45) is 0 Å². The van der Waals surface area contributed by atoms with Crippen LogP contribution in [0.25, 0.3) is 6.08 Å². The standard InChI is InChI=1S/C21H24N2O4/c1-4-7-20(24)22-16-8-5-6-9-17(16)23-21(25)13-11-15-10-12-18(26-2)19(14-15)27-3/h5-6,8-14H,4,7H2,1-3H3,(H,22,24)(H,23,25)/b13-11+. The van der Waals surface area contributed by atoms with Gasteiger partial charge in [0.25, 0.3) is 0 Å². The molecular formula is C21H24N2O4. The van der Waals surface area contributed by atoms with Crippen molar-refractivity contribution < 1.29 is 19.1 Å². The number of para-hydroxylation sites is 2. The number of hydrogen-bond acceptors (Lipinski definition) is 4. The highest BCUT2D eigenvalue weighted by Crippen LogP contribution is 2.28. The van der Waals surface area contributed by atoms with Crippen molar-refractivity contribution in [1.29, 1.82) is 0 Å². The Bertz CT molecular complexity index is 831. The van der Waals surface area contributed by atoms with E-state index in [9.17, 15) is 9.59 Å². The number of anilines is 2. The molecule has 2 amide bonds. The van der Waals surface area contributed by atoms with Crippen LogP contribution in [-0.2, 0) is 9.59 Å². The largest absolute Gasteiger partial charge is 0.493 e. The highest BCUT2D eigenvalue weighted by atomic mass is 16.5. The van der Waals surface area contributed by atoms with E-state index in [-0.39, 0.29) is 11.8 Å². The Hall–Kier alpha value is -3.28. The fraction of sp³-hybridized carbons (Fsp3) is 0.238. The minimum absolute atomic E-state index is 0.0833. The monoisotopic (exact) mass is 368 g/mol. The van der Waals surface area contributed by atoms with Crippen LogP contribution in [0.15, 0.2) is 48.5 Å². The highest BCUT2D eigenvalue weighted by Gasteiger charge is 2.08. The van der Waals surface area contributed by atoms with Crippen LogP contribution >= 0.6 is 0 Å². The van der Waals surface area contributed by atoms with Crippen LogP contribution in [0.3, 0.4) is 0 Å². The van der Waals surface area contributed by atoms with Gasteiger partial charge in [0.05, 0.1) is 25.6 Å². The average molecular weight is 368 g/mol. The molecule has 6 nitrogen and oxygen atoms in total. The molecular weight excluding hydrogens is 344 g/mol. The van der Waals surface area contributed by atoms with Gasteiger partial charge in [0.1, 0.15) is 0 Å². The van der Waals surface area contributed by atoms with E-state index in [0.29, 0.717) is 29.3 Å². The number of methoxy groups -OCH3 is 2. The number of ether oxygens (including phenoxy) is 2. The topological polar surface area (TPSA) is 76.7 Å². The molecule has 0 unspecified atom stereocenters.